The van der Waals surface area contributed by atoms with Crippen molar-refractivity contribution in [1.29, 1.82) is 0 Å². The van der Waals surface area contributed by atoms with Gasteiger partial charge in [0, 0.05) is 12.1 Å². The fourth-order valence-corrected chi connectivity index (χ4v) is 2.31. The number of hydrogen-bond acceptors (Lipinski definition) is 3. The van der Waals surface area contributed by atoms with Gasteiger partial charge < -0.3 is 15.2 Å². The van der Waals surface area contributed by atoms with Gasteiger partial charge in [-0.25, -0.2) is 0 Å². The second kappa shape index (κ2) is 6.53. The fraction of sp³-hybridized carbons (Fsp3) is 0.250. The molecule has 2 N–H and O–H groups in total. The molecular weight excluding hydrogens is 274 g/mol. The van der Waals surface area contributed by atoms with Crippen molar-refractivity contribution >= 4 is 17.3 Å². The lowest BCUT2D eigenvalue weighted by Gasteiger charge is -2.14. The van der Waals surface area contributed by atoms with E-state index in [1.807, 2.05) is 44.2 Å². The minimum atomic E-state index is 0.173. The first-order valence-electron chi connectivity index (χ1n) is 6.56. The lowest BCUT2D eigenvalue weighted by Crippen LogP contribution is -2.03. The largest absolute Gasteiger partial charge is 0.504 e. The third-order valence-electron chi connectivity index (χ3n) is 3.06. The molecule has 0 spiro atoms. The van der Waals surface area contributed by atoms with E-state index in [0.29, 0.717) is 23.9 Å². The Morgan fingerprint density at radius 1 is 1.20 bits per heavy atom. The summed E-state index contributed by atoms with van der Waals surface area (Å²) in [6.07, 6.45) is 0. The maximum Gasteiger partial charge on any atom is 0.162 e. The zero-order chi connectivity index (χ0) is 14.5. The van der Waals surface area contributed by atoms with Crippen molar-refractivity contribution < 1.29 is 9.84 Å². The van der Waals surface area contributed by atoms with Gasteiger partial charge in [-0.1, -0.05) is 35.9 Å². The lowest BCUT2D eigenvalue weighted by atomic mass is 10.1. The maximum atomic E-state index is 10.1. The van der Waals surface area contributed by atoms with Crippen LogP contribution >= 0.6 is 11.6 Å². The van der Waals surface area contributed by atoms with Gasteiger partial charge in [-0.2, -0.15) is 0 Å². The van der Waals surface area contributed by atoms with Gasteiger partial charge >= 0.3 is 0 Å². The molecule has 3 nitrogen and oxygen atoms in total. The standard InChI is InChI=1S/C16H18ClNO2/c1-3-20-14-9-5-7-12(16(14)19)10-18-15-11(2)6-4-8-13(15)17/h4-9,18-19H,3,10H2,1-2H3. The van der Waals surface area contributed by atoms with E-state index in [0.717, 1.165) is 16.8 Å². The summed E-state index contributed by atoms with van der Waals surface area (Å²) >= 11 is 6.17. The molecule has 0 bridgehead atoms. The van der Waals surface area contributed by atoms with Crippen LogP contribution in [0.2, 0.25) is 5.02 Å². The number of aryl methyl sites for hydroxylation is 1. The molecule has 2 rings (SSSR count). The smallest absolute Gasteiger partial charge is 0.162 e. The lowest BCUT2D eigenvalue weighted by molar-refractivity contribution is 0.317. The third kappa shape index (κ3) is 3.17. The summed E-state index contributed by atoms with van der Waals surface area (Å²) in [7, 11) is 0. The first kappa shape index (κ1) is 14.5. The Kier molecular flexibility index (Phi) is 4.74. The molecule has 4 heteroatoms. The van der Waals surface area contributed by atoms with Crippen LogP contribution in [-0.4, -0.2) is 11.7 Å². The van der Waals surface area contributed by atoms with Crippen LogP contribution in [0.15, 0.2) is 36.4 Å². The van der Waals surface area contributed by atoms with Gasteiger partial charge in [0.15, 0.2) is 11.5 Å². The number of nitrogens with one attached hydrogen (secondary N) is 1. The van der Waals surface area contributed by atoms with Crippen molar-refractivity contribution in [2.45, 2.75) is 20.4 Å². The number of anilines is 1. The number of ether oxygens (including phenoxy) is 1. The van der Waals surface area contributed by atoms with Crippen molar-refractivity contribution in [3.8, 4) is 11.5 Å². The van der Waals surface area contributed by atoms with Crippen LogP contribution in [0.3, 0.4) is 0 Å². The molecule has 106 valence electrons. The highest BCUT2D eigenvalue weighted by Gasteiger charge is 2.09. The van der Waals surface area contributed by atoms with Crippen LogP contribution in [0, 0.1) is 6.92 Å². The Balaban J connectivity index is 2.17. The number of para-hydroxylation sites is 2. The van der Waals surface area contributed by atoms with Crippen LogP contribution in [0.4, 0.5) is 5.69 Å². The average Bonchev–Trinajstić information content (AvgIpc) is 2.42. The van der Waals surface area contributed by atoms with Crippen LogP contribution < -0.4 is 10.1 Å². The summed E-state index contributed by atoms with van der Waals surface area (Å²) in [6.45, 7) is 4.88. The van der Waals surface area contributed by atoms with E-state index in [-0.39, 0.29) is 5.75 Å². The quantitative estimate of drug-likeness (QED) is 0.860. The molecule has 0 aliphatic heterocycles. The molecule has 0 fully saturated rings. The Bertz CT molecular complexity index is 579. The van der Waals surface area contributed by atoms with Gasteiger partial charge in [-0.3, -0.25) is 0 Å². The molecule has 20 heavy (non-hydrogen) atoms. The average molecular weight is 292 g/mol. The Hall–Kier alpha value is -1.87. The molecule has 2 aromatic carbocycles. The number of benzene rings is 2. The Morgan fingerprint density at radius 2 is 1.95 bits per heavy atom. The highest BCUT2D eigenvalue weighted by Crippen LogP contribution is 2.31. The topological polar surface area (TPSA) is 41.5 Å². The summed E-state index contributed by atoms with van der Waals surface area (Å²) in [4.78, 5) is 0. The minimum Gasteiger partial charge on any atom is -0.504 e. The second-order valence-corrected chi connectivity index (χ2v) is 4.89. The van der Waals surface area contributed by atoms with Crippen LogP contribution in [0.25, 0.3) is 0 Å². The van der Waals surface area contributed by atoms with Crippen molar-refractivity contribution in [2.24, 2.45) is 0 Å². The predicted molar refractivity (Wildman–Crippen MR) is 82.8 cm³/mol. The van der Waals surface area contributed by atoms with E-state index in [4.69, 9.17) is 16.3 Å². The number of hydrogen-bond donors (Lipinski definition) is 2. The van der Waals surface area contributed by atoms with E-state index < -0.39 is 0 Å². The summed E-state index contributed by atoms with van der Waals surface area (Å²) < 4.78 is 5.37. The van der Waals surface area contributed by atoms with Crippen molar-refractivity contribution in [3.05, 3.63) is 52.5 Å². The molecule has 0 aromatic heterocycles. The minimum absolute atomic E-state index is 0.173. The maximum absolute atomic E-state index is 10.1. The van der Waals surface area contributed by atoms with E-state index in [1.54, 1.807) is 6.07 Å². The Morgan fingerprint density at radius 3 is 2.65 bits per heavy atom. The van der Waals surface area contributed by atoms with E-state index in [9.17, 15) is 5.11 Å². The Labute approximate surface area is 124 Å². The third-order valence-corrected chi connectivity index (χ3v) is 3.37. The monoisotopic (exact) mass is 291 g/mol. The van der Waals surface area contributed by atoms with Crippen molar-refractivity contribution in [1.82, 2.24) is 0 Å². The number of phenolic OH excluding ortho intramolecular Hbond substituents is 1. The summed E-state index contributed by atoms with van der Waals surface area (Å²) in [5.41, 5.74) is 2.73. The number of halogens is 1. The molecule has 0 aliphatic carbocycles. The highest BCUT2D eigenvalue weighted by molar-refractivity contribution is 6.33. The number of rotatable bonds is 5. The van der Waals surface area contributed by atoms with E-state index >= 15 is 0 Å². The van der Waals surface area contributed by atoms with Gasteiger partial charge in [0.2, 0.25) is 0 Å². The first-order valence-corrected chi connectivity index (χ1v) is 6.94. The SMILES string of the molecule is CCOc1cccc(CNc2c(C)cccc2Cl)c1O. The van der Waals surface area contributed by atoms with E-state index in [2.05, 4.69) is 5.32 Å². The zero-order valence-electron chi connectivity index (χ0n) is 11.6. The number of phenols is 1. The van der Waals surface area contributed by atoms with Crippen LogP contribution in [0.1, 0.15) is 18.1 Å². The molecule has 0 radical (unpaired) electrons. The number of aromatic hydroxyl groups is 1. The summed E-state index contributed by atoms with van der Waals surface area (Å²) in [5, 5.41) is 14.1. The fourth-order valence-electron chi connectivity index (χ4n) is 2.02. The van der Waals surface area contributed by atoms with Gasteiger partial charge in [-0.15, -0.1) is 0 Å². The van der Waals surface area contributed by atoms with Crippen molar-refractivity contribution in [3.63, 3.8) is 0 Å². The predicted octanol–water partition coefficient (Wildman–Crippen LogP) is 4.36. The second-order valence-electron chi connectivity index (χ2n) is 4.48. The summed E-state index contributed by atoms with van der Waals surface area (Å²) in [5.74, 6) is 0.675. The molecule has 0 saturated carbocycles. The molecule has 0 saturated heterocycles. The molecular formula is C16H18ClNO2. The van der Waals surface area contributed by atoms with Crippen LogP contribution in [-0.2, 0) is 6.54 Å². The summed E-state index contributed by atoms with van der Waals surface area (Å²) in [6, 6.07) is 11.2. The van der Waals surface area contributed by atoms with Gasteiger partial charge in [0.1, 0.15) is 0 Å². The van der Waals surface area contributed by atoms with Crippen LogP contribution in [0.5, 0.6) is 11.5 Å². The molecule has 0 atom stereocenters. The zero-order valence-corrected chi connectivity index (χ0v) is 12.4. The highest BCUT2D eigenvalue weighted by atomic mass is 35.5. The molecule has 0 amide bonds. The van der Waals surface area contributed by atoms with Gasteiger partial charge in [0.25, 0.3) is 0 Å². The molecule has 0 unspecified atom stereocenters. The van der Waals surface area contributed by atoms with Crippen molar-refractivity contribution in [2.75, 3.05) is 11.9 Å². The molecule has 2 aromatic rings. The molecule has 0 heterocycles. The first-order chi connectivity index (χ1) is 9.63. The normalized spacial score (nSPS) is 10.3. The van der Waals surface area contributed by atoms with E-state index in [1.165, 1.54) is 0 Å². The van der Waals surface area contributed by atoms with Gasteiger partial charge in [-0.05, 0) is 31.5 Å². The van der Waals surface area contributed by atoms with Gasteiger partial charge in [0.05, 0.1) is 17.3 Å². The molecule has 0 aliphatic rings.